The molecule has 3 aromatic heterocycles. The van der Waals surface area contributed by atoms with Crippen molar-refractivity contribution in [1.82, 2.24) is 14.5 Å². The van der Waals surface area contributed by atoms with Gasteiger partial charge in [0.15, 0.2) is 0 Å². The van der Waals surface area contributed by atoms with E-state index in [0.29, 0.717) is 11.3 Å². The second-order valence-electron chi connectivity index (χ2n) is 21.4. The number of hydrogen-bond donors (Lipinski definition) is 0. The van der Waals surface area contributed by atoms with Crippen molar-refractivity contribution in [1.29, 1.82) is 0 Å². The summed E-state index contributed by atoms with van der Waals surface area (Å²) >= 11 is -1.90. The van der Waals surface area contributed by atoms with Gasteiger partial charge in [0, 0.05) is 31.2 Å². The molecule has 10 rings (SSSR count). The largest absolute Gasteiger partial charge is 0.500 e. The van der Waals surface area contributed by atoms with Crippen LogP contribution in [0, 0.1) is 17.5 Å². The summed E-state index contributed by atoms with van der Waals surface area (Å²) in [5.74, 6) is 8.86. The second-order valence-corrected chi connectivity index (χ2v) is 32.0. The number of hydrogen-bond acceptors (Lipinski definition) is 3. The molecular weight excluding hydrogens is 1040 g/mol. The number of furan rings is 1. The molecule has 9 aromatic rings. The maximum atomic E-state index is 6.32. The van der Waals surface area contributed by atoms with Crippen molar-refractivity contribution in [3.8, 4) is 39.5 Å². The molecule has 4 nitrogen and oxygen atoms in total. The average molecular weight is 1110 g/mol. The molecule has 0 aliphatic heterocycles. The summed E-state index contributed by atoms with van der Waals surface area (Å²) in [6.07, 6.45) is 9.82. The van der Waals surface area contributed by atoms with Gasteiger partial charge in [-0.25, -0.2) is 0 Å². The van der Waals surface area contributed by atoms with Crippen LogP contribution in [0.15, 0.2) is 144 Å². The van der Waals surface area contributed by atoms with Crippen LogP contribution in [0.1, 0.15) is 96.3 Å². The minimum Gasteiger partial charge on any atom is -0.500 e. The van der Waals surface area contributed by atoms with Crippen LogP contribution in [0.2, 0.25) is 17.3 Å². The zero-order valence-corrected chi connectivity index (χ0v) is 44.7. The third kappa shape index (κ3) is 10.2. The van der Waals surface area contributed by atoms with Crippen molar-refractivity contribution < 1.29 is 24.5 Å². The SMILES string of the molecule is CC(C)(C)Cc1cc(-c2[c-]cccc2)nc[c]1[Ge]([CH3])([CH3])[CH3].CC(C)(C)c1cc(-c2ccccc2)ccc1-n1c(-c2[c-]cc3oc4ccc(C5CCCCC5)cc4c3c2)nc2ccccc21.[Ir]. The van der Waals surface area contributed by atoms with Crippen LogP contribution < -0.4 is 4.40 Å². The molecule has 339 valence electrons. The van der Waals surface area contributed by atoms with E-state index in [1.165, 1.54) is 69.7 Å². The number of fused-ring (bicyclic) bond motifs is 4. The van der Waals surface area contributed by atoms with Gasteiger partial charge in [-0.05, 0) is 82.8 Å². The summed E-state index contributed by atoms with van der Waals surface area (Å²) in [6, 6.07) is 54.2. The summed E-state index contributed by atoms with van der Waals surface area (Å²) in [4.78, 5) is 9.95. The molecule has 1 aliphatic carbocycles. The standard InChI is InChI=1S/C41H37N2O.C19H26GeN.Ir/c1-41(2,3)34-26-30(28-14-8-5-9-15-28)18-21-36(34)43-37-17-11-10-16-35(37)42-40(43)31-20-23-39-33(25-31)32-24-29(19-22-38(32)44-39)27-12-6-4-7-13-27;1-19(2,3)13-16-12-18(15-10-8-7-9-11-15)21-14-17(16)20(4,5)6;/h5,8-11,14-19,21-27H,4,6-7,12-13H2,1-3H3;7-10,12,14H,13H2,1-6H3;/q2*-1;. The van der Waals surface area contributed by atoms with Crippen molar-refractivity contribution >= 4 is 50.6 Å². The van der Waals surface area contributed by atoms with Gasteiger partial charge in [0.05, 0.1) is 22.4 Å². The molecule has 6 aromatic carbocycles. The van der Waals surface area contributed by atoms with Crippen LogP contribution >= 0.6 is 0 Å². The Bertz CT molecular complexity index is 3100. The maximum absolute atomic E-state index is 6.32. The normalized spacial score (nSPS) is 13.7. The van der Waals surface area contributed by atoms with E-state index in [-0.39, 0.29) is 25.5 Å². The van der Waals surface area contributed by atoms with Gasteiger partial charge in [-0.1, -0.05) is 100 Å². The molecule has 1 radical (unpaired) electrons. The first-order valence-corrected chi connectivity index (χ1v) is 31.0. The number of aromatic nitrogens is 3. The molecule has 1 saturated carbocycles. The van der Waals surface area contributed by atoms with E-state index < -0.39 is 13.3 Å². The Balaban J connectivity index is 0.000000228. The Labute approximate surface area is 409 Å². The van der Waals surface area contributed by atoms with Crippen molar-refractivity contribution in [2.75, 3.05) is 0 Å². The second kappa shape index (κ2) is 19.3. The number of rotatable bonds is 7. The van der Waals surface area contributed by atoms with Crippen molar-refractivity contribution in [3.63, 3.8) is 0 Å². The smallest absolute Gasteiger partial charge is 0.120 e. The monoisotopic (exact) mass is 1110 g/mol. The molecule has 0 bridgehead atoms. The zero-order chi connectivity index (χ0) is 45.5. The first kappa shape index (κ1) is 47.4. The first-order chi connectivity index (χ1) is 31.1. The van der Waals surface area contributed by atoms with Crippen LogP contribution in [0.25, 0.3) is 72.4 Å². The van der Waals surface area contributed by atoms with Gasteiger partial charge in [0.25, 0.3) is 0 Å². The quantitative estimate of drug-likeness (QED) is 0.118. The third-order valence-corrected chi connectivity index (χ3v) is 17.3. The Morgan fingerprint density at radius 1 is 0.697 bits per heavy atom. The fourth-order valence-electron chi connectivity index (χ4n) is 9.74. The molecule has 3 heterocycles. The average Bonchev–Trinajstić information content (AvgIpc) is 3.87. The molecule has 0 amide bonds. The van der Waals surface area contributed by atoms with Gasteiger partial charge < -0.3 is 8.98 Å². The maximum Gasteiger partial charge on any atom is 0.120 e. The Morgan fingerprint density at radius 2 is 1.42 bits per heavy atom. The first-order valence-electron chi connectivity index (χ1n) is 23.6. The number of benzene rings is 6. The fourth-order valence-corrected chi connectivity index (χ4v) is 13.0. The molecule has 0 spiro atoms. The molecule has 0 saturated heterocycles. The van der Waals surface area contributed by atoms with Gasteiger partial charge in [-0.2, -0.15) is 0 Å². The minimum atomic E-state index is -1.90. The minimum absolute atomic E-state index is 0. The summed E-state index contributed by atoms with van der Waals surface area (Å²) < 4.78 is 10.2. The topological polar surface area (TPSA) is 43.9 Å². The third-order valence-electron chi connectivity index (χ3n) is 13.0. The van der Waals surface area contributed by atoms with E-state index in [4.69, 9.17) is 14.4 Å². The van der Waals surface area contributed by atoms with Crippen molar-refractivity contribution in [2.24, 2.45) is 5.41 Å². The van der Waals surface area contributed by atoms with Gasteiger partial charge in [0.1, 0.15) is 5.58 Å². The van der Waals surface area contributed by atoms with Crippen molar-refractivity contribution in [3.05, 3.63) is 168 Å². The van der Waals surface area contributed by atoms with Crippen LogP contribution in [-0.2, 0) is 31.9 Å². The van der Waals surface area contributed by atoms with E-state index in [1.54, 1.807) is 0 Å². The Morgan fingerprint density at radius 3 is 2.14 bits per heavy atom. The predicted octanol–water partition coefficient (Wildman–Crippen LogP) is 16.1. The van der Waals surface area contributed by atoms with Crippen molar-refractivity contribution in [2.45, 2.75) is 109 Å². The van der Waals surface area contributed by atoms with E-state index >= 15 is 0 Å². The molecule has 1 aliphatic rings. The van der Waals surface area contributed by atoms with Gasteiger partial charge in [0.2, 0.25) is 0 Å². The summed E-state index contributed by atoms with van der Waals surface area (Å²) in [6.45, 7) is 13.8. The molecule has 0 N–H and O–H groups in total. The molecule has 0 atom stereocenters. The van der Waals surface area contributed by atoms with Crippen LogP contribution in [-0.4, -0.2) is 27.8 Å². The summed E-state index contributed by atoms with van der Waals surface area (Å²) in [5, 5.41) is 2.31. The molecule has 66 heavy (non-hydrogen) atoms. The summed E-state index contributed by atoms with van der Waals surface area (Å²) in [5.41, 5.74) is 14.9. The van der Waals surface area contributed by atoms with Gasteiger partial charge >= 0.3 is 132 Å². The van der Waals surface area contributed by atoms with E-state index in [9.17, 15) is 0 Å². The van der Waals surface area contributed by atoms with E-state index in [0.717, 1.165) is 62.3 Å². The molecule has 0 unspecified atom stereocenters. The number of imidazole rings is 1. The van der Waals surface area contributed by atoms with E-state index in [2.05, 4.69) is 191 Å². The summed E-state index contributed by atoms with van der Waals surface area (Å²) in [7, 11) is 0. The molecule has 6 heteroatoms. The number of nitrogens with zero attached hydrogens (tertiary/aromatic N) is 3. The Hall–Kier alpha value is -5.07. The molecular formula is C60H63GeIrN3O-2. The molecule has 1 fully saturated rings. The zero-order valence-electron chi connectivity index (χ0n) is 40.2. The predicted molar refractivity (Wildman–Crippen MR) is 277 cm³/mol. The van der Waals surface area contributed by atoms with Gasteiger partial charge in [-0.15, -0.1) is 23.8 Å². The van der Waals surface area contributed by atoms with Crippen LogP contribution in [0.3, 0.4) is 0 Å². The number of para-hydroxylation sites is 2. The van der Waals surface area contributed by atoms with Crippen LogP contribution in [0.5, 0.6) is 0 Å². The van der Waals surface area contributed by atoms with Crippen LogP contribution in [0.4, 0.5) is 0 Å². The van der Waals surface area contributed by atoms with E-state index in [1.807, 2.05) is 24.3 Å². The fraction of sp³-hybridized carbons (Fsp3) is 0.300. The van der Waals surface area contributed by atoms with Gasteiger partial charge in [-0.3, -0.25) is 4.98 Å². The Kier molecular flexibility index (Phi) is 13.8. The number of pyridine rings is 1.